The Balaban J connectivity index is 2.04. The maximum atomic E-state index is 12.1. The molecule has 1 aromatic carbocycles. The quantitative estimate of drug-likeness (QED) is 0.659. The van der Waals surface area contributed by atoms with E-state index in [0.29, 0.717) is 19.4 Å². The lowest BCUT2D eigenvalue weighted by Gasteiger charge is -2.15. The first-order valence-electron chi connectivity index (χ1n) is 7.59. The summed E-state index contributed by atoms with van der Waals surface area (Å²) in [4.78, 5) is 12.9. The molecule has 0 aliphatic rings. The van der Waals surface area contributed by atoms with Gasteiger partial charge in [0, 0.05) is 6.42 Å². The number of hydrogen-bond acceptors (Lipinski definition) is 4. The molecule has 0 atom stereocenters. The summed E-state index contributed by atoms with van der Waals surface area (Å²) in [5, 5.41) is 1.93. The summed E-state index contributed by atoms with van der Waals surface area (Å²) in [6.45, 7) is 6.52. The van der Waals surface area contributed by atoms with E-state index >= 15 is 0 Å². The minimum absolute atomic E-state index is 0.102. The molecule has 1 aromatic heterocycles. The van der Waals surface area contributed by atoms with Crippen LogP contribution in [0.25, 0.3) is 0 Å². The number of Topliss-reactive ketones (excluding diaryl/α,β-unsaturated/α-hetero) is 1. The summed E-state index contributed by atoms with van der Waals surface area (Å²) in [5.41, 5.74) is 1.09. The van der Waals surface area contributed by atoms with Crippen LogP contribution >= 0.6 is 11.3 Å². The molecule has 3 nitrogen and oxygen atoms in total. The van der Waals surface area contributed by atoms with Crippen molar-refractivity contribution >= 4 is 17.1 Å². The Morgan fingerprint density at radius 2 is 2.05 bits per heavy atom. The number of aryl methyl sites for hydroxylation is 1. The summed E-state index contributed by atoms with van der Waals surface area (Å²) in [7, 11) is 0. The number of rotatable bonds is 8. The molecule has 2 aromatic rings. The van der Waals surface area contributed by atoms with Crippen molar-refractivity contribution in [2.45, 2.75) is 39.7 Å². The lowest BCUT2D eigenvalue weighted by atomic mass is 10.1. The van der Waals surface area contributed by atoms with Crippen LogP contribution in [0.15, 0.2) is 35.7 Å². The zero-order chi connectivity index (χ0) is 15.9. The van der Waals surface area contributed by atoms with Gasteiger partial charge in [-0.05, 0) is 56.3 Å². The zero-order valence-corrected chi connectivity index (χ0v) is 14.1. The van der Waals surface area contributed by atoms with Crippen LogP contribution in [0.3, 0.4) is 0 Å². The molecule has 4 heteroatoms. The molecule has 0 saturated heterocycles. The smallest absolute Gasteiger partial charge is 0.173 e. The Hall–Kier alpha value is -1.81. The summed E-state index contributed by atoms with van der Waals surface area (Å²) in [6.07, 6.45) is 1.32. The number of ether oxygens (including phenoxy) is 2. The van der Waals surface area contributed by atoms with Gasteiger partial charge < -0.3 is 9.47 Å². The summed E-state index contributed by atoms with van der Waals surface area (Å²) < 4.78 is 11.4. The molecule has 118 valence electrons. The van der Waals surface area contributed by atoms with Gasteiger partial charge >= 0.3 is 0 Å². The molecule has 0 unspecified atom stereocenters. The monoisotopic (exact) mass is 318 g/mol. The Morgan fingerprint density at radius 1 is 1.23 bits per heavy atom. The predicted molar refractivity (Wildman–Crippen MR) is 90.3 cm³/mol. The highest BCUT2D eigenvalue weighted by Crippen LogP contribution is 2.30. The summed E-state index contributed by atoms with van der Waals surface area (Å²) >= 11 is 1.49. The van der Waals surface area contributed by atoms with Crippen molar-refractivity contribution in [3.8, 4) is 11.5 Å². The van der Waals surface area contributed by atoms with Crippen LogP contribution in [0.5, 0.6) is 11.5 Å². The fourth-order valence-electron chi connectivity index (χ4n) is 2.15. The molecule has 0 fully saturated rings. The van der Waals surface area contributed by atoms with E-state index in [1.165, 1.54) is 11.3 Å². The molecule has 0 N–H and O–H groups in total. The number of carbonyl (C=O) groups is 1. The SMILES string of the molecule is CCOc1cc(CCC(=O)c2cccs2)ccc1OC(C)C. The third-order valence-electron chi connectivity index (χ3n) is 3.11. The van der Waals surface area contributed by atoms with Crippen molar-refractivity contribution in [3.63, 3.8) is 0 Å². The Morgan fingerprint density at radius 3 is 2.68 bits per heavy atom. The van der Waals surface area contributed by atoms with Crippen molar-refractivity contribution in [2.75, 3.05) is 6.61 Å². The summed E-state index contributed by atoms with van der Waals surface area (Å²) in [6, 6.07) is 9.68. The molecule has 0 radical (unpaired) electrons. The largest absolute Gasteiger partial charge is 0.490 e. The van der Waals surface area contributed by atoms with Crippen LogP contribution in [0.2, 0.25) is 0 Å². The van der Waals surface area contributed by atoms with E-state index in [1.807, 2.05) is 56.5 Å². The van der Waals surface area contributed by atoms with Crippen LogP contribution in [0, 0.1) is 0 Å². The van der Waals surface area contributed by atoms with Crippen molar-refractivity contribution in [1.82, 2.24) is 0 Å². The van der Waals surface area contributed by atoms with Crippen molar-refractivity contribution < 1.29 is 14.3 Å². The van der Waals surface area contributed by atoms with Crippen LogP contribution < -0.4 is 9.47 Å². The topological polar surface area (TPSA) is 35.5 Å². The highest BCUT2D eigenvalue weighted by molar-refractivity contribution is 7.12. The van der Waals surface area contributed by atoms with Gasteiger partial charge in [-0.3, -0.25) is 4.79 Å². The number of benzene rings is 1. The number of thiophene rings is 1. The van der Waals surface area contributed by atoms with Crippen LogP contribution in [-0.4, -0.2) is 18.5 Å². The molecule has 0 aliphatic heterocycles. The van der Waals surface area contributed by atoms with Crippen molar-refractivity contribution in [1.29, 1.82) is 0 Å². The normalized spacial score (nSPS) is 10.7. The molecule has 0 amide bonds. The second kappa shape index (κ2) is 7.99. The van der Waals surface area contributed by atoms with Crippen LogP contribution in [-0.2, 0) is 6.42 Å². The number of carbonyl (C=O) groups excluding carboxylic acids is 1. The Bertz CT molecular complexity index is 603. The molecule has 2 rings (SSSR count). The highest BCUT2D eigenvalue weighted by atomic mass is 32.1. The van der Waals surface area contributed by atoms with Gasteiger partial charge in [0.1, 0.15) is 0 Å². The Labute approximate surface area is 135 Å². The predicted octanol–water partition coefficient (Wildman–Crippen LogP) is 4.75. The second-order valence-corrected chi connectivity index (χ2v) is 6.23. The lowest BCUT2D eigenvalue weighted by molar-refractivity contribution is 0.0986. The zero-order valence-electron chi connectivity index (χ0n) is 13.3. The van der Waals surface area contributed by atoms with Gasteiger partial charge in [-0.25, -0.2) is 0 Å². The molecule has 22 heavy (non-hydrogen) atoms. The van der Waals surface area contributed by atoms with Gasteiger partial charge in [0.05, 0.1) is 17.6 Å². The van der Waals surface area contributed by atoms with Gasteiger partial charge in [-0.2, -0.15) is 0 Å². The van der Waals surface area contributed by atoms with E-state index in [2.05, 4.69) is 0 Å². The third kappa shape index (κ3) is 4.60. The fourth-order valence-corrected chi connectivity index (χ4v) is 2.84. The fraction of sp³-hybridized carbons (Fsp3) is 0.389. The molecular formula is C18H22O3S. The van der Waals surface area contributed by atoms with Crippen LogP contribution in [0.4, 0.5) is 0 Å². The van der Waals surface area contributed by atoms with Gasteiger partial charge in [0.15, 0.2) is 17.3 Å². The van der Waals surface area contributed by atoms with Crippen LogP contribution in [0.1, 0.15) is 42.4 Å². The van der Waals surface area contributed by atoms with Gasteiger partial charge in [0.25, 0.3) is 0 Å². The van der Waals surface area contributed by atoms with Gasteiger partial charge in [-0.1, -0.05) is 12.1 Å². The molecular weight excluding hydrogens is 296 g/mol. The first kappa shape index (κ1) is 16.6. The Kier molecular flexibility index (Phi) is 6.01. The average Bonchev–Trinajstić information content (AvgIpc) is 3.01. The standard InChI is InChI=1S/C18H22O3S/c1-4-20-17-12-14(8-10-16(17)21-13(2)3)7-9-15(19)18-6-5-11-22-18/h5-6,8,10-13H,4,7,9H2,1-3H3. The second-order valence-electron chi connectivity index (χ2n) is 5.28. The van der Waals surface area contributed by atoms with Gasteiger partial charge in [-0.15, -0.1) is 11.3 Å². The van der Waals surface area contributed by atoms with E-state index in [4.69, 9.17) is 9.47 Å². The maximum absolute atomic E-state index is 12.1. The molecule has 0 bridgehead atoms. The van der Waals surface area contributed by atoms with Crippen molar-refractivity contribution in [2.24, 2.45) is 0 Å². The van der Waals surface area contributed by atoms with E-state index in [9.17, 15) is 4.79 Å². The highest BCUT2D eigenvalue weighted by Gasteiger charge is 2.11. The number of ketones is 1. The first-order valence-corrected chi connectivity index (χ1v) is 8.47. The van der Waals surface area contributed by atoms with E-state index in [-0.39, 0.29) is 11.9 Å². The van der Waals surface area contributed by atoms with Crippen molar-refractivity contribution in [3.05, 3.63) is 46.2 Å². The maximum Gasteiger partial charge on any atom is 0.173 e. The third-order valence-corrected chi connectivity index (χ3v) is 4.02. The minimum atomic E-state index is 0.102. The van der Waals surface area contributed by atoms with E-state index < -0.39 is 0 Å². The van der Waals surface area contributed by atoms with E-state index in [1.54, 1.807) is 0 Å². The first-order chi connectivity index (χ1) is 10.6. The lowest BCUT2D eigenvalue weighted by Crippen LogP contribution is -2.08. The molecule has 1 heterocycles. The summed E-state index contributed by atoms with van der Waals surface area (Å²) in [5.74, 6) is 1.69. The number of hydrogen-bond donors (Lipinski definition) is 0. The molecule has 0 saturated carbocycles. The molecule has 0 spiro atoms. The average molecular weight is 318 g/mol. The minimum Gasteiger partial charge on any atom is -0.490 e. The van der Waals surface area contributed by atoms with Gasteiger partial charge in [0.2, 0.25) is 0 Å². The van der Waals surface area contributed by atoms with E-state index in [0.717, 1.165) is 21.9 Å². The molecule has 0 aliphatic carbocycles.